The summed E-state index contributed by atoms with van der Waals surface area (Å²) in [5.74, 6) is 1.64. The Bertz CT molecular complexity index is 894. The van der Waals surface area contributed by atoms with Gasteiger partial charge in [-0.15, -0.1) is 0 Å². The maximum Gasteiger partial charge on any atom is 0.322 e. The van der Waals surface area contributed by atoms with E-state index in [1.165, 1.54) is 7.11 Å². The molecule has 5 heteroatoms. The van der Waals surface area contributed by atoms with E-state index in [2.05, 4.69) is 0 Å². The Morgan fingerprint density at radius 1 is 0.893 bits per heavy atom. The fraction of sp³-hybridized carbons (Fsp3) is 0.174. The second-order valence-corrected chi connectivity index (χ2v) is 6.29. The molecule has 1 atom stereocenters. The van der Waals surface area contributed by atoms with Crippen molar-refractivity contribution >= 4 is 5.97 Å². The molecule has 2 N–H and O–H groups in total. The van der Waals surface area contributed by atoms with E-state index in [0.29, 0.717) is 24.5 Å². The van der Waals surface area contributed by atoms with Gasteiger partial charge in [-0.25, -0.2) is 0 Å². The maximum atomic E-state index is 11.6. The zero-order chi connectivity index (χ0) is 19.8. The molecule has 0 spiro atoms. The predicted octanol–water partition coefficient (Wildman–Crippen LogP) is 4.10. The van der Waals surface area contributed by atoms with E-state index in [1.807, 2.05) is 78.9 Å². The lowest BCUT2D eigenvalue weighted by Gasteiger charge is -2.14. The normalized spacial score (nSPS) is 11.5. The molecule has 0 aromatic heterocycles. The van der Waals surface area contributed by atoms with Crippen molar-refractivity contribution in [1.29, 1.82) is 0 Å². The molecule has 0 saturated heterocycles. The summed E-state index contributed by atoms with van der Waals surface area (Å²) in [5.41, 5.74) is 7.82. The number of carbonyl (C=O) groups excluding carboxylic acids is 1. The number of para-hydroxylation sites is 1. The van der Waals surface area contributed by atoms with Gasteiger partial charge in [0.1, 0.15) is 29.9 Å². The number of rotatable bonds is 8. The van der Waals surface area contributed by atoms with E-state index in [0.717, 1.165) is 16.9 Å². The van der Waals surface area contributed by atoms with Crippen molar-refractivity contribution in [1.82, 2.24) is 0 Å². The summed E-state index contributed by atoms with van der Waals surface area (Å²) in [4.78, 5) is 11.6. The van der Waals surface area contributed by atoms with Crippen molar-refractivity contribution in [3.05, 3.63) is 90.0 Å². The van der Waals surface area contributed by atoms with Crippen molar-refractivity contribution in [2.45, 2.75) is 19.1 Å². The summed E-state index contributed by atoms with van der Waals surface area (Å²) in [5, 5.41) is 0. The van der Waals surface area contributed by atoms with Crippen LogP contribution in [0.15, 0.2) is 78.9 Å². The molecule has 28 heavy (non-hydrogen) atoms. The van der Waals surface area contributed by atoms with Gasteiger partial charge >= 0.3 is 5.97 Å². The van der Waals surface area contributed by atoms with E-state index in [1.54, 1.807) is 0 Å². The molecule has 0 radical (unpaired) electrons. The molecular formula is C23H23NO4. The lowest BCUT2D eigenvalue weighted by molar-refractivity contribution is -0.142. The number of methoxy groups -OCH3 is 1. The van der Waals surface area contributed by atoms with Crippen LogP contribution in [0.3, 0.4) is 0 Å². The summed E-state index contributed by atoms with van der Waals surface area (Å²) in [6, 6.07) is 24.2. The van der Waals surface area contributed by atoms with Crippen LogP contribution in [0.1, 0.15) is 11.1 Å². The van der Waals surface area contributed by atoms with Crippen molar-refractivity contribution < 1.29 is 19.0 Å². The van der Waals surface area contributed by atoms with Crippen LogP contribution in [-0.2, 0) is 22.6 Å². The maximum absolute atomic E-state index is 11.6. The van der Waals surface area contributed by atoms with Gasteiger partial charge < -0.3 is 19.9 Å². The molecule has 5 nitrogen and oxygen atoms in total. The highest BCUT2D eigenvalue weighted by molar-refractivity contribution is 5.75. The number of nitrogens with two attached hydrogens (primary N) is 1. The highest BCUT2D eigenvalue weighted by Crippen LogP contribution is 2.28. The summed E-state index contributed by atoms with van der Waals surface area (Å²) in [6.45, 7) is 0.509. The molecule has 0 amide bonds. The van der Waals surface area contributed by atoms with Crippen molar-refractivity contribution in [3.63, 3.8) is 0 Å². The Hall–Kier alpha value is -3.31. The number of benzene rings is 3. The van der Waals surface area contributed by atoms with Gasteiger partial charge in [-0.3, -0.25) is 4.79 Å². The molecule has 0 aliphatic rings. The van der Waals surface area contributed by atoms with Crippen LogP contribution >= 0.6 is 0 Å². The lowest BCUT2D eigenvalue weighted by atomic mass is 10.1. The molecule has 0 aliphatic heterocycles. The Morgan fingerprint density at radius 3 is 2.25 bits per heavy atom. The van der Waals surface area contributed by atoms with Crippen LogP contribution in [0.2, 0.25) is 0 Å². The van der Waals surface area contributed by atoms with Crippen molar-refractivity contribution in [3.8, 4) is 17.2 Å². The van der Waals surface area contributed by atoms with Gasteiger partial charge in [-0.05, 0) is 41.5 Å². The van der Waals surface area contributed by atoms with Gasteiger partial charge in [0.15, 0.2) is 0 Å². The van der Waals surface area contributed by atoms with Crippen LogP contribution in [0, 0.1) is 0 Å². The van der Waals surface area contributed by atoms with Crippen LogP contribution in [0.4, 0.5) is 0 Å². The van der Waals surface area contributed by atoms with E-state index < -0.39 is 12.0 Å². The van der Waals surface area contributed by atoms with Crippen LogP contribution in [0.5, 0.6) is 17.2 Å². The van der Waals surface area contributed by atoms with Crippen LogP contribution in [-0.4, -0.2) is 19.1 Å². The molecule has 3 aromatic carbocycles. The minimum Gasteiger partial charge on any atom is -0.489 e. The minimum atomic E-state index is -0.733. The smallest absolute Gasteiger partial charge is 0.322 e. The first-order valence-electron chi connectivity index (χ1n) is 9.01. The summed E-state index contributed by atoms with van der Waals surface area (Å²) < 4.78 is 16.5. The molecule has 3 rings (SSSR count). The molecule has 1 unspecified atom stereocenters. The predicted molar refractivity (Wildman–Crippen MR) is 107 cm³/mol. The Morgan fingerprint density at radius 2 is 1.54 bits per heavy atom. The highest BCUT2D eigenvalue weighted by atomic mass is 16.5. The molecular weight excluding hydrogens is 354 g/mol. The van der Waals surface area contributed by atoms with Gasteiger partial charge in [0.25, 0.3) is 0 Å². The number of ether oxygens (including phenoxy) is 3. The van der Waals surface area contributed by atoms with Gasteiger partial charge in [0, 0.05) is 6.42 Å². The van der Waals surface area contributed by atoms with Crippen molar-refractivity contribution in [2.75, 3.05) is 7.11 Å². The molecule has 0 aliphatic carbocycles. The van der Waals surface area contributed by atoms with Crippen molar-refractivity contribution in [2.24, 2.45) is 5.73 Å². The molecule has 0 fully saturated rings. The minimum absolute atomic E-state index is 0.334. The molecule has 144 valence electrons. The second-order valence-electron chi connectivity index (χ2n) is 6.29. The van der Waals surface area contributed by atoms with Gasteiger partial charge in [0.2, 0.25) is 0 Å². The quantitative estimate of drug-likeness (QED) is 0.599. The third-order valence-electron chi connectivity index (χ3n) is 4.22. The first kappa shape index (κ1) is 19.5. The Labute approximate surface area is 164 Å². The van der Waals surface area contributed by atoms with E-state index in [4.69, 9.17) is 19.9 Å². The Kier molecular flexibility index (Phi) is 6.65. The van der Waals surface area contributed by atoms with Gasteiger partial charge in [0.05, 0.1) is 7.11 Å². The SMILES string of the molecule is COC(=O)C(N)Cc1ccccc1Oc1ccc(OCc2ccccc2)cc1. The lowest BCUT2D eigenvalue weighted by Crippen LogP contribution is -2.33. The zero-order valence-corrected chi connectivity index (χ0v) is 15.7. The standard InChI is InChI=1S/C23H23NO4/c1-26-23(25)21(24)15-18-9-5-6-10-22(18)28-20-13-11-19(12-14-20)27-16-17-7-3-2-4-8-17/h2-14,21H,15-16,24H2,1H3. The topological polar surface area (TPSA) is 70.8 Å². The second kappa shape index (κ2) is 9.58. The average molecular weight is 377 g/mol. The van der Waals surface area contributed by atoms with Crippen LogP contribution < -0.4 is 15.2 Å². The van der Waals surface area contributed by atoms with E-state index in [-0.39, 0.29) is 0 Å². The molecule has 0 heterocycles. The number of carbonyl (C=O) groups is 1. The molecule has 0 bridgehead atoms. The average Bonchev–Trinajstić information content (AvgIpc) is 2.74. The molecule has 0 saturated carbocycles. The third kappa shape index (κ3) is 5.34. The van der Waals surface area contributed by atoms with E-state index >= 15 is 0 Å². The monoisotopic (exact) mass is 377 g/mol. The fourth-order valence-corrected chi connectivity index (χ4v) is 2.72. The summed E-state index contributed by atoms with van der Waals surface area (Å²) >= 11 is 0. The Balaban J connectivity index is 1.63. The van der Waals surface area contributed by atoms with Crippen LogP contribution in [0.25, 0.3) is 0 Å². The first-order chi connectivity index (χ1) is 13.7. The first-order valence-corrected chi connectivity index (χ1v) is 9.01. The fourth-order valence-electron chi connectivity index (χ4n) is 2.72. The summed E-state index contributed by atoms with van der Waals surface area (Å²) in [6.07, 6.45) is 0.334. The highest BCUT2D eigenvalue weighted by Gasteiger charge is 2.16. The largest absolute Gasteiger partial charge is 0.489 e. The number of esters is 1. The van der Waals surface area contributed by atoms with E-state index in [9.17, 15) is 4.79 Å². The third-order valence-corrected chi connectivity index (χ3v) is 4.22. The zero-order valence-electron chi connectivity index (χ0n) is 15.7. The number of hydrogen-bond donors (Lipinski definition) is 1. The van der Waals surface area contributed by atoms with Gasteiger partial charge in [-0.1, -0.05) is 48.5 Å². The van der Waals surface area contributed by atoms with Gasteiger partial charge in [-0.2, -0.15) is 0 Å². The molecule has 3 aromatic rings. The number of hydrogen-bond acceptors (Lipinski definition) is 5. The summed E-state index contributed by atoms with van der Waals surface area (Å²) in [7, 11) is 1.33.